The van der Waals surface area contributed by atoms with Crippen LogP contribution in [0.1, 0.15) is 25.0 Å². The summed E-state index contributed by atoms with van der Waals surface area (Å²) in [5, 5.41) is 3.06. The first-order chi connectivity index (χ1) is 10.1. The fourth-order valence-electron chi connectivity index (χ4n) is 2.71. The third-order valence-electron chi connectivity index (χ3n) is 3.64. The zero-order valence-electron chi connectivity index (χ0n) is 13.2. The Kier molecular flexibility index (Phi) is 5.59. The first-order valence-electron chi connectivity index (χ1n) is 7.48. The van der Waals surface area contributed by atoms with Crippen molar-refractivity contribution in [1.82, 2.24) is 10.2 Å². The van der Waals surface area contributed by atoms with Crippen LogP contribution in [-0.4, -0.2) is 43.2 Å². The molecule has 0 aromatic heterocycles. The van der Waals surface area contributed by atoms with Crippen molar-refractivity contribution in [2.24, 2.45) is 10.7 Å². The maximum Gasteiger partial charge on any atom is 0.188 e. The third-order valence-corrected chi connectivity index (χ3v) is 3.64. The minimum Gasteiger partial charge on any atom is -0.373 e. The van der Waals surface area contributed by atoms with Crippen molar-refractivity contribution >= 4 is 5.96 Å². The van der Waals surface area contributed by atoms with Crippen LogP contribution in [0.4, 0.5) is 0 Å². The van der Waals surface area contributed by atoms with Gasteiger partial charge in [0.15, 0.2) is 5.96 Å². The van der Waals surface area contributed by atoms with Crippen LogP contribution in [0.25, 0.3) is 0 Å². The SMILES string of the molecule is CN=C(N)NCc1ccc(CN2CC(C)OC(C)C2)cc1. The van der Waals surface area contributed by atoms with E-state index < -0.39 is 0 Å². The number of hydrogen-bond acceptors (Lipinski definition) is 3. The van der Waals surface area contributed by atoms with Crippen LogP contribution in [-0.2, 0) is 17.8 Å². The Hall–Kier alpha value is -1.59. The molecule has 3 N–H and O–H groups in total. The smallest absolute Gasteiger partial charge is 0.188 e. The van der Waals surface area contributed by atoms with Crippen LogP contribution < -0.4 is 11.1 Å². The first-order valence-corrected chi connectivity index (χ1v) is 7.48. The summed E-state index contributed by atoms with van der Waals surface area (Å²) in [5.41, 5.74) is 8.15. The van der Waals surface area contributed by atoms with Crippen LogP contribution in [0.5, 0.6) is 0 Å². The lowest BCUT2D eigenvalue weighted by Gasteiger charge is -2.35. The summed E-state index contributed by atoms with van der Waals surface area (Å²) in [7, 11) is 1.68. The van der Waals surface area contributed by atoms with Gasteiger partial charge in [0, 0.05) is 33.2 Å². The molecule has 0 bridgehead atoms. The molecule has 0 amide bonds. The first kappa shape index (κ1) is 15.8. The lowest BCUT2D eigenvalue weighted by atomic mass is 10.1. The highest BCUT2D eigenvalue weighted by atomic mass is 16.5. The lowest BCUT2D eigenvalue weighted by molar-refractivity contribution is -0.0704. The molecule has 1 saturated heterocycles. The van der Waals surface area contributed by atoms with Crippen LogP contribution in [0, 0.1) is 0 Å². The average Bonchev–Trinajstić information content (AvgIpc) is 2.45. The number of nitrogens with two attached hydrogens (primary N) is 1. The van der Waals surface area contributed by atoms with Crippen LogP contribution in [0.3, 0.4) is 0 Å². The van der Waals surface area contributed by atoms with Gasteiger partial charge >= 0.3 is 0 Å². The average molecular weight is 290 g/mol. The second kappa shape index (κ2) is 7.43. The van der Waals surface area contributed by atoms with Gasteiger partial charge < -0.3 is 15.8 Å². The van der Waals surface area contributed by atoms with Crippen LogP contribution in [0.15, 0.2) is 29.3 Å². The molecule has 0 radical (unpaired) electrons. The van der Waals surface area contributed by atoms with Crippen LogP contribution >= 0.6 is 0 Å². The molecule has 21 heavy (non-hydrogen) atoms. The second-order valence-electron chi connectivity index (χ2n) is 5.73. The van der Waals surface area contributed by atoms with E-state index in [0.717, 1.165) is 19.6 Å². The van der Waals surface area contributed by atoms with Crippen LogP contribution in [0.2, 0.25) is 0 Å². The Morgan fingerprint density at radius 1 is 1.24 bits per heavy atom. The van der Waals surface area contributed by atoms with Crippen molar-refractivity contribution in [3.8, 4) is 0 Å². The van der Waals surface area contributed by atoms with Gasteiger partial charge in [-0.3, -0.25) is 9.89 Å². The highest BCUT2D eigenvalue weighted by molar-refractivity contribution is 5.77. The number of morpholine rings is 1. The Labute approximate surface area is 127 Å². The Morgan fingerprint density at radius 2 is 1.81 bits per heavy atom. The lowest BCUT2D eigenvalue weighted by Crippen LogP contribution is -2.44. The molecule has 1 aromatic carbocycles. The molecule has 0 saturated carbocycles. The van der Waals surface area contributed by atoms with Gasteiger partial charge in [-0.2, -0.15) is 0 Å². The fourth-order valence-corrected chi connectivity index (χ4v) is 2.71. The molecule has 5 nitrogen and oxygen atoms in total. The van der Waals surface area contributed by atoms with Crippen molar-refractivity contribution in [1.29, 1.82) is 0 Å². The Balaban J connectivity index is 1.87. The molecule has 5 heteroatoms. The quantitative estimate of drug-likeness (QED) is 0.649. The summed E-state index contributed by atoms with van der Waals surface area (Å²) in [6.07, 6.45) is 0.627. The van der Waals surface area contributed by atoms with Crippen molar-refractivity contribution < 1.29 is 4.74 Å². The fraction of sp³-hybridized carbons (Fsp3) is 0.562. The van der Waals surface area contributed by atoms with Gasteiger partial charge in [0.05, 0.1) is 12.2 Å². The predicted molar refractivity (Wildman–Crippen MR) is 86.1 cm³/mol. The normalized spacial score (nSPS) is 24.0. The molecule has 1 heterocycles. The largest absolute Gasteiger partial charge is 0.373 e. The molecule has 1 aliphatic rings. The third kappa shape index (κ3) is 5.02. The number of nitrogens with one attached hydrogen (secondary N) is 1. The van der Waals surface area contributed by atoms with E-state index in [4.69, 9.17) is 10.5 Å². The minimum atomic E-state index is 0.313. The molecule has 2 unspecified atom stereocenters. The summed E-state index contributed by atoms with van der Waals surface area (Å²) in [5.74, 6) is 0.468. The number of nitrogens with zero attached hydrogens (tertiary/aromatic N) is 2. The molecule has 2 atom stereocenters. The van der Waals surface area contributed by atoms with Gasteiger partial charge in [-0.05, 0) is 25.0 Å². The number of ether oxygens (including phenoxy) is 1. The van der Waals surface area contributed by atoms with E-state index in [1.807, 2.05) is 0 Å². The Morgan fingerprint density at radius 3 is 2.38 bits per heavy atom. The number of benzene rings is 1. The zero-order chi connectivity index (χ0) is 15.2. The van der Waals surface area contributed by atoms with Crippen molar-refractivity contribution in [3.63, 3.8) is 0 Å². The molecule has 2 rings (SSSR count). The highest BCUT2D eigenvalue weighted by Gasteiger charge is 2.21. The summed E-state index contributed by atoms with van der Waals surface area (Å²) >= 11 is 0. The number of aliphatic imine (C=N–C) groups is 1. The van der Waals surface area contributed by atoms with E-state index in [1.54, 1.807) is 7.05 Å². The molecule has 1 fully saturated rings. The van der Waals surface area contributed by atoms with E-state index >= 15 is 0 Å². The molecule has 1 aliphatic heterocycles. The molecular formula is C16H26N4O. The maximum atomic E-state index is 5.77. The summed E-state index contributed by atoms with van der Waals surface area (Å²) in [6, 6.07) is 8.64. The molecule has 0 spiro atoms. The van der Waals surface area contributed by atoms with E-state index in [-0.39, 0.29) is 0 Å². The van der Waals surface area contributed by atoms with Gasteiger partial charge in [0.1, 0.15) is 0 Å². The monoisotopic (exact) mass is 290 g/mol. The number of hydrogen-bond donors (Lipinski definition) is 2. The molecule has 116 valence electrons. The van der Waals surface area contributed by atoms with Gasteiger partial charge in [0.25, 0.3) is 0 Å². The predicted octanol–water partition coefficient (Wildman–Crippen LogP) is 1.33. The standard InChI is InChI=1S/C16H26N4O/c1-12-9-20(10-13(2)21-12)11-15-6-4-14(5-7-15)8-19-16(17)18-3/h4-7,12-13H,8-11H2,1-3H3,(H3,17,18,19). The van der Waals surface area contributed by atoms with Crippen molar-refractivity contribution in [2.75, 3.05) is 20.1 Å². The van der Waals surface area contributed by atoms with Crippen molar-refractivity contribution in [2.45, 2.75) is 39.1 Å². The highest BCUT2D eigenvalue weighted by Crippen LogP contribution is 2.14. The van der Waals surface area contributed by atoms with E-state index in [1.165, 1.54) is 11.1 Å². The van der Waals surface area contributed by atoms with Gasteiger partial charge in [-0.25, -0.2) is 0 Å². The van der Waals surface area contributed by atoms with Gasteiger partial charge in [-0.15, -0.1) is 0 Å². The number of rotatable bonds is 4. The summed E-state index contributed by atoms with van der Waals surface area (Å²) < 4.78 is 5.77. The summed E-state index contributed by atoms with van der Waals surface area (Å²) in [6.45, 7) is 7.95. The van der Waals surface area contributed by atoms with E-state index in [0.29, 0.717) is 24.7 Å². The zero-order valence-corrected chi connectivity index (χ0v) is 13.2. The van der Waals surface area contributed by atoms with E-state index in [2.05, 4.69) is 53.3 Å². The minimum absolute atomic E-state index is 0.313. The topological polar surface area (TPSA) is 62.9 Å². The van der Waals surface area contributed by atoms with E-state index in [9.17, 15) is 0 Å². The molecular weight excluding hydrogens is 264 g/mol. The van der Waals surface area contributed by atoms with Gasteiger partial charge in [-0.1, -0.05) is 24.3 Å². The second-order valence-corrected chi connectivity index (χ2v) is 5.73. The molecule has 1 aromatic rings. The maximum absolute atomic E-state index is 5.77. The van der Waals surface area contributed by atoms with Crippen molar-refractivity contribution in [3.05, 3.63) is 35.4 Å². The molecule has 0 aliphatic carbocycles. The van der Waals surface area contributed by atoms with Gasteiger partial charge in [0.2, 0.25) is 0 Å². The Bertz CT molecular complexity index is 462. The summed E-state index contributed by atoms with van der Waals surface area (Å²) in [4.78, 5) is 6.33. The number of guanidine groups is 1.